The van der Waals surface area contributed by atoms with Gasteiger partial charge >= 0.3 is 24.0 Å². The predicted molar refractivity (Wildman–Crippen MR) is 91.0 cm³/mol. The molecule has 9 heteroatoms. The Kier molecular flexibility index (Phi) is 7.68. The smallest absolute Gasteiger partial charge is 0.408 e. The molecule has 0 bridgehead atoms. The highest BCUT2D eigenvalue weighted by atomic mass is 19.3. The lowest BCUT2D eigenvalue weighted by Gasteiger charge is -2.25. The monoisotopic (exact) mass is 387 g/mol. The fourth-order valence-electron chi connectivity index (χ4n) is 1.94. The molecule has 7 nitrogen and oxygen atoms in total. The SMILES string of the molecule is COC(=O)C(CC(F)(F)C(=O)OC(C)(C)C)NC(=O)OCc1ccccc1. The molecule has 1 aromatic rings. The Morgan fingerprint density at radius 3 is 2.22 bits per heavy atom. The van der Waals surface area contributed by atoms with Crippen molar-refractivity contribution in [1.82, 2.24) is 5.32 Å². The second-order valence-electron chi connectivity index (χ2n) is 6.69. The molecule has 0 spiro atoms. The summed E-state index contributed by atoms with van der Waals surface area (Å²) in [4.78, 5) is 35.2. The third-order valence-corrected chi connectivity index (χ3v) is 3.15. The fraction of sp³-hybridized carbons (Fsp3) is 0.500. The summed E-state index contributed by atoms with van der Waals surface area (Å²) >= 11 is 0. The zero-order valence-electron chi connectivity index (χ0n) is 15.6. The Hall–Kier alpha value is -2.71. The van der Waals surface area contributed by atoms with E-state index >= 15 is 0 Å². The van der Waals surface area contributed by atoms with Crippen LogP contribution < -0.4 is 5.32 Å². The number of hydrogen-bond acceptors (Lipinski definition) is 6. The average molecular weight is 387 g/mol. The highest BCUT2D eigenvalue weighted by Gasteiger charge is 2.46. The Bertz CT molecular complexity index is 658. The molecule has 0 fully saturated rings. The highest BCUT2D eigenvalue weighted by molar-refractivity contribution is 5.84. The summed E-state index contributed by atoms with van der Waals surface area (Å²) in [6.07, 6.45) is -2.43. The van der Waals surface area contributed by atoms with E-state index in [0.717, 1.165) is 7.11 Å². The summed E-state index contributed by atoms with van der Waals surface area (Å²) in [6.45, 7) is 4.16. The van der Waals surface area contributed by atoms with Crippen molar-refractivity contribution in [2.45, 2.75) is 51.4 Å². The van der Waals surface area contributed by atoms with Crippen LogP contribution in [0.15, 0.2) is 30.3 Å². The van der Waals surface area contributed by atoms with Crippen LogP contribution in [0.1, 0.15) is 32.8 Å². The van der Waals surface area contributed by atoms with Gasteiger partial charge in [0.05, 0.1) is 13.5 Å². The van der Waals surface area contributed by atoms with Gasteiger partial charge in [-0.05, 0) is 26.3 Å². The maximum Gasteiger partial charge on any atom is 0.408 e. The largest absolute Gasteiger partial charge is 0.467 e. The number of alkyl halides is 2. The van der Waals surface area contributed by atoms with Crippen LogP contribution in [-0.2, 0) is 30.4 Å². The van der Waals surface area contributed by atoms with Crippen molar-refractivity contribution in [2.75, 3.05) is 7.11 Å². The molecule has 0 aliphatic rings. The maximum atomic E-state index is 14.1. The molecule has 0 heterocycles. The van der Waals surface area contributed by atoms with E-state index in [9.17, 15) is 23.2 Å². The zero-order chi connectivity index (χ0) is 20.7. The van der Waals surface area contributed by atoms with E-state index in [4.69, 9.17) is 4.74 Å². The summed E-state index contributed by atoms with van der Waals surface area (Å²) in [5.74, 6) is -6.96. The summed E-state index contributed by atoms with van der Waals surface area (Å²) in [6, 6.07) is 6.84. The number of nitrogens with one attached hydrogen (secondary N) is 1. The number of alkyl carbamates (subject to hydrolysis) is 1. The van der Waals surface area contributed by atoms with Crippen molar-refractivity contribution in [1.29, 1.82) is 0 Å². The fourth-order valence-corrected chi connectivity index (χ4v) is 1.94. The van der Waals surface area contributed by atoms with Gasteiger partial charge in [0.2, 0.25) is 0 Å². The van der Waals surface area contributed by atoms with Crippen LogP contribution in [0.5, 0.6) is 0 Å². The van der Waals surface area contributed by atoms with Crippen LogP contribution in [-0.4, -0.2) is 42.7 Å². The van der Waals surface area contributed by atoms with Gasteiger partial charge in [0.1, 0.15) is 18.2 Å². The molecule has 1 aromatic carbocycles. The third kappa shape index (κ3) is 8.02. The number of amides is 1. The maximum absolute atomic E-state index is 14.1. The minimum absolute atomic E-state index is 0.122. The second kappa shape index (κ2) is 9.29. The third-order valence-electron chi connectivity index (χ3n) is 3.15. The molecule has 1 rings (SSSR count). The first-order valence-electron chi connectivity index (χ1n) is 8.11. The standard InChI is InChI=1S/C18H23F2NO6/c1-17(2,3)27-15(23)18(19,20)10-13(14(22)25-4)21-16(24)26-11-12-8-6-5-7-9-12/h5-9,13H,10-11H2,1-4H3,(H,21,24). The van der Waals surface area contributed by atoms with Crippen LogP contribution in [0, 0.1) is 0 Å². The number of halogens is 2. The molecule has 0 aromatic heterocycles. The minimum atomic E-state index is -4.02. The van der Waals surface area contributed by atoms with Gasteiger partial charge in [0.25, 0.3) is 0 Å². The normalized spacial score (nSPS) is 12.7. The van der Waals surface area contributed by atoms with E-state index in [1.807, 2.05) is 5.32 Å². The lowest BCUT2D eigenvalue weighted by molar-refractivity contribution is -0.186. The number of rotatable bonds is 7. The van der Waals surface area contributed by atoms with Crippen LogP contribution in [0.4, 0.5) is 13.6 Å². The molecule has 1 amide bonds. The summed E-state index contributed by atoms with van der Waals surface area (Å²) < 4.78 is 42.2. The first-order valence-corrected chi connectivity index (χ1v) is 8.11. The predicted octanol–water partition coefficient (Wildman–Crippen LogP) is 2.82. The van der Waals surface area contributed by atoms with E-state index in [-0.39, 0.29) is 6.61 Å². The van der Waals surface area contributed by atoms with Gasteiger partial charge in [-0.2, -0.15) is 8.78 Å². The number of carbonyl (C=O) groups is 3. The first kappa shape index (κ1) is 22.3. The van der Waals surface area contributed by atoms with Gasteiger partial charge in [0, 0.05) is 0 Å². The van der Waals surface area contributed by atoms with Crippen molar-refractivity contribution < 1.29 is 37.4 Å². The highest BCUT2D eigenvalue weighted by Crippen LogP contribution is 2.25. The number of hydrogen-bond donors (Lipinski definition) is 1. The number of esters is 2. The molecule has 0 radical (unpaired) electrons. The van der Waals surface area contributed by atoms with Crippen LogP contribution in [0.25, 0.3) is 0 Å². The molecule has 0 saturated carbocycles. The molecule has 1 atom stereocenters. The van der Waals surface area contributed by atoms with Crippen molar-refractivity contribution in [3.8, 4) is 0 Å². The Morgan fingerprint density at radius 1 is 1.11 bits per heavy atom. The lowest BCUT2D eigenvalue weighted by Crippen LogP contribution is -2.48. The van der Waals surface area contributed by atoms with Gasteiger partial charge in [-0.3, -0.25) is 0 Å². The topological polar surface area (TPSA) is 90.9 Å². The molecule has 27 heavy (non-hydrogen) atoms. The zero-order valence-corrected chi connectivity index (χ0v) is 15.6. The number of methoxy groups -OCH3 is 1. The average Bonchev–Trinajstić information content (AvgIpc) is 2.58. The molecule has 0 saturated heterocycles. The van der Waals surface area contributed by atoms with Crippen molar-refractivity contribution in [2.24, 2.45) is 0 Å². The minimum Gasteiger partial charge on any atom is -0.467 e. The summed E-state index contributed by atoms with van der Waals surface area (Å²) in [5.41, 5.74) is -0.468. The lowest BCUT2D eigenvalue weighted by atomic mass is 10.1. The van der Waals surface area contributed by atoms with Crippen molar-refractivity contribution in [3.05, 3.63) is 35.9 Å². The van der Waals surface area contributed by atoms with Crippen LogP contribution >= 0.6 is 0 Å². The molecular formula is C18H23F2NO6. The molecule has 0 aliphatic heterocycles. The Balaban J connectivity index is 2.73. The Morgan fingerprint density at radius 2 is 1.70 bits per heavy atom. The number of benzene rings is 1. The van der Waals surface area contributed by atoms with Gasteiger partial charge in [-0.25, -0.2) is 14.4 Å². The molecule has 1 N–H and O–H groups in total. The van der Waals surface area contributed by atoms with Gasteiger partial charge in [0.15, 0.2) is 0 Å². The van der Waals surface area contributed by atoms with E-state index in [1.165, 1.54) is 20.8 Å². The number of carbonyl (C=O) groups excluding carboxylic acids is 3. The van der Waals surface area contributed by atoms with E-state index < -0.39 is 42.0 Å². The quantitative estimate of drug-likeness (QED) is 0.572. The summed E-state index contributed by atoms with van der Waals surface area (Å²) in [5, 5.41) is 1.99. The van der Waals surface area contributed by atoms with Gasteiger partial charge < -0.3 is 19.5 Å². The van der Waals surface area contributed by atoms with Crippen molar-refractivity contribution in [3.63, 3.8) is 0 Å². The molecule has 1 unspecified atom stereocenters. The first-order chi connectivity index (χ1) is 12.4. The number of ether oxygens (including phenoxy) is 3. The Labute approximate surface area is 156 Å². The van der Waals surface area contributed by atoms with Crippen molar-refractivity contribution >= 4 is 18.0 Å². The summed E-state index contributed by atoms with van der Waals surface area (Å²) in [7, 11) is 0.970. The van der Waals surface area contributed by atoms with Crippen LogP contribution in [0.3, 0.4) is 0 Å². The van der Waals surface area contributed by atoms with E-state index in [0.29, 0.717) is 5.56 Å². The molecule has 150 valence electrons. The molecular weight excluding hydrogens is 364 g/mol. The van der Waals surface area contributed by atoms with E-state index in [1.54, 1.807) is 30.3 Å². The van der Waals surface area contributed by atoms with Crippen LogP contribution in [0.2, 0.25) is 0 Å². The molecule has 0 aliphatic carbocycles. The van der Waals surface area contributed by atoms with Gasteiger partial charge in [-0.15, -0.1) is 0 Å². The van der Waals surface area contributed by atoms with E-state index in [2.05, 4.69) is 9.47 Å². The second-order valence-corrected chi connectivity index (χ2v) is 6.69. The van der Waals surface area contributed by atoms with Gasteiger partial charge in [-0.1, -0.05) is 30.3 Å².